The van der Waals surface area contributed by atoms with Crippen molar-refractivity contribution in [3.05, 3.63) is 52.3 Å². The number of hydrogen-bond donors (Lipinski definition) is 1. The van der Waals surface area contributed by atoms with Crippen molar-refractivity contribution >= 4 is 17.6 Å². The molecule has 0 unspecified atom stereocenters. The zero-order valence-corrected chi connectivity index (χ0v) is 14.4. The summed E-state index contributed by atoms with van der Waals surface area (Å²) < 4.78 is 15.7. The predicted molar refractivity (Wildman–Crippen MR) is 93.1 cm³/mol. The second-order valence-corrected chi connectivity index (χ2v) is 5.98. The minimum Gasteiger partial charge on any atom is -0.450 e. The lowest BCUT2D eigenvalue weighted by molar-refractivity contribution is -0.384. The molecule has 0 spiro atoms. The number of benzene rings is 1. The van der Waals surface area contributed by atoms with Gasteiger partial charge in [0.25, 0.3) is 11.6 Å². The van der Waals surface area contributed by atoms with Crippen molar-refractivity contribution in [1.29, 1.82) is 0 Å². The molecule has 1 atom stereocenters. The summed E-state index contributed by atoms with van der Waals surface area (Å²) in [4.78, 5) is 33.9. The van der Waals surface area contributed by atoms with Crippen LogP contribution in [0.15, 0.2) is 40.8 Å². The lowest BCUT2D eigenvalue weighted by Crippen LogP contribution is -2.34. The Bertz CT molecular complexity index is 822. The number of non-ortho nitro benzene ring substituents is 1. The molecule has 1 N–H and O–H groups in total. The van der Waals surface area contributed by atoms with Crippen LogP contribution in [-0.2, 0) is 14.3 Å². The summed E-state index contributed by atoms with van der Waals surface area (Å²) in [5.41, 5.74) is 0.535. The second-order valence-electron chi connectivity index (χ2n) is 5.98. The Labute approximate surface area is 154 Å². The van der Waals surface area contributed by atoms with Crippen LogP contribution in [-0.4, -0.2) is 42.7 Å². The van der Waals surface area contributed by atoms with Crippen LogP contribution in [0.1, 0.15) is 23.4 Å². The minimum atomic E-state index is -0.768. The van der Waals surface area contributed by atoms with Gasteiger partial charge >= 0.3 is 5.97 Å². The molecule has 1 aliphatic heterocycles. The van der Waals surface area contributed by atoms with E-state index in [0.717, 1.165) is 12.8 Å². The molecule has 9 heteroatoms. The molecular formula is C18H18N2O7. The molecule has 142 valence electrons. The molecule has 0 aliphatic carbocycles. The van der Waals surface area contributed by atoms with Crippen LogP contribution in [0.2, 0.25) is 0 Å². The zero-order chi connectivity index (χ0) is 19.2. The second kappa shape index (κ2) is 8.45. The smallest absolute Gasteiger partial charge is 0.374 e. The van der Waals surface area contributed by atoms with E-state index in [0.29, 0.717) is 24.5 Å². The number of nitro groups is 1. The van der Waals surface area contributed by atoms with Crippen LogP contribution in [0.3, 0.4) is 0 Å². The molecule has 0 saturated carbocycles. The van der Waals surface area contributed by atoms with Crippen molar-refractivity contribution < 1.29 is 28.4 Å². The average Bonchev–Trinajstić information content (AvgIpc) is 3.36. The van der Waals surface area contributed by atoms with Crippen LogP contribution in [0.5, 0.6) is 0 Å². The molecule has 1 amide bonds. The van der Waals surface area contributed by atoms with Gasteiger partial charge in [-0.3, -0.25) is 14.9 Å². The van der Waals surface area contributed by atoms with Gasteiger partial charge in [-0.1, -0.05) is 0 Å². The molecule has 1 aromatic carbocycles. The number of esters is 1. The van der Waals surface area contributed by atoms with Gasteiger partial charge in [0.05, 0.1) is 11.0 Å². The van der Waals surface area contributed by atoms with Gasteiger partial charge in [-0.05, 0) is 37.1 Å². The monoisotopic (exact) mass is 374 g/mol. The SMILES string of the molecule is O=C(COC(=O)c1ccc(-c2ccc([N+](=O)[O-])cc2)o1)NC[C@H]1CCCO1. The minimum absolute atomic E-state index is 0.0129. The molecule has 2 heterocycles. The number of ether oxygens (including phenoxy) is 2. The molecule has 1 aromatic heterocycles. The van der Waals surface area contributed by atoms with Crippen LogP contribution in [0.4, 0.5) is 5.69 Å². The van der Waals surface area contributed by atoms with E-state index in [-0.39, 0.29) is 17.6 Å². The normalized spacial score (nSPS) is 16.1. The number of furan rings is 1. The molecule has 2 aromatic rings. The number of rotatable bonds is 7. The summed E-state index contributed by atoms with van der Waals surface area (Å²) in [6, 6.07) is 8.69. The van der Waals surface area contributed by atoms with Gasteiger partial charge in [0.15, 0.2) is 6.61 Å². The van der Waals surface area contributed by atoms with Crippen molar-refractivity contribution in [3.8, 4) is 11.3 Å². The van der Waals surface area contributed by atoms with Crippen molar-refractivity contribution in [1.82, 2.24) is 5.32 Å². The molecule has 27 heavy (non-hydrogen) atoms. The Morgan fingerprint density at radius 3 is 2.67 bits per heavy atom. The first kappa shape index (κ1) is 18.6. The van der Waals surface area contributed by atoms with E-state index in [9.17, 15) is 19.7 Å². The van der Waals surface area contributed by atoms with Gasteiger partial charge in [-0.2, -0.15) is 0 Å². The number of carbonyl (C=O) groups is 2. The summed E-state index contributed by atoms with van der Waals surface area (Å²) in [6.07, 6.45) is 1.89. The Morgan fingerprint density at radius 2 is 2.00 bits per heavy atom. The van der Waals surface area contributed by atoms with E-state index >= 15 is 0 Å². The quantitative estimate of drug-likeness (QED) is 0.448. The van der Waals surface area contributed by atoms with E-state index in [4.69, 9.17) is 13.9 Å². The van der Waals surface area contributed by atoms with Crippen molar-refractivity contribution in [2.24, 2.45) is 0 Å². The number of hydrogen-bond acceptors (Lipinski definition) is 7. The van der Waals surface area contributed by atoms with Crippen LogP contribution < -0.4 is 5.32 Å². The fraction of sp³-hybridized carbons (Fsp3) is 0.333. The zero-order valence-electron chi connectivity index (χ0n) is 14.4. The van der Waals surface area contributed by atoms with E-state index in [1.807, 2.05) is 0 Å². The highest BCUT2D eigenvalue weighted by Crippen LogP contribution is 2.24. The number of nitrogens with zero attached hydrogens (tertiary/aromatic N) is 1. The maximum Gasteiger partial charge on any atom is 0.374 e. The highest BCUT2D eigenvalue weighted by atomic mass is 16.6. The van der Waals surface area contributed by atoms with Crippen LogP contribution >= 0.6 is 0 Å². The summed E-state index contributed by atoms with van der Waals surface area (Å²) in [5, 5.41) is 13.3. The van der Waals surface area contributed by atoms with Crippen LogP contribution in [0.25, 0.3) is 11.3 Å². The lowest BCUT2D eigenvalue weighted by Gasteiger charge is -2.10. The number of carbonyl (C=O) groups excluding carboxylic acids is 2. The third-order valence-corrected chi connectivity index (χ3v) is 4.06. The summed E-state index contributed by atoms with van der Waals surface area (Å²) in [5.74, 6) is -0.883. The van der Waals surface area contributed by atoms with Crippen molar-refractivity contribution in [2.45, 2.75) is 18.9 Å². The molecule has 1 fully saturated rings. The largest absolute Gasteiger partial charge is 0.450 e. The number of amides is 1. The maximum absolute atomic E-state index is 12.0. The van der Waals surface area contributed by atoms with E-state index < -0.39 is 23.4 Å². The van der Waals surface area contributed by atoms with Crippen LogP contribution in [0, 0.1) is 10.1 Å². The Morgan fingerprint density at radius 1 is 1.22 bits per heavy atom. The van der Waals surface area contributed by atoms with Crippen molar-refractivity contribution in [2.75, 3.05) is 19.8 Å². The van der Waals surface area contributed by atoms with Gasteiger partial charge in [0, 0.05) is 30.8 Å². The van der Waals surface area contributed by atoms with E-state index in [2.05, 4.69) is 5.32 Å². The third kappa shape index (κ3) is 4.91. The lowest BCUT2D eigenvalue weighted by atomic mass is 10.1. The predicted octanol–water partition coefficient (Wildman–Crippen LogP) is 2.31. The molecular weight excluding hydrogens is 356 g/mol. The first-order valence-corrected chi connectivity index (χ1v) is 8.43. The Kier molecular flexibility index (Phi) is 5.82. The molecule has 1 aliphatic rings. The summed E-state index contributed by atoms with van der Waals surface area (Å²) in [6.45, 7) is 0.672. The molecule has 9 nitrogen and oxygen atoms in total. The fourth-order valence-corrected chi connectivity index (χ4v) is 2.64. The highest BCUT2D eigenvalue weighted by Gasteiger charge is 2.18. The fourth-order valence-electron chi connectivity index (χ4n) is 2.64. The number of nitro benzene ring substituents is 1. The average molecular weight is 374 g/mol. The topological polar surface area (TPSA) is 121 Å². The first-order chi connectivity index (χ1) is 13.0. The first-order valence-electron chi connectivity index (χ1n) is 8.43. The summed E-state index contributed by atoms with van der Waals surface area (Å²) in [7, 11) is 0. The third-order valence-electron chi connectivity index (χ3n) is 4.06. The van der Waals surface area contributed by atoms with Gasteiger partial charge in [0.2, 0.25) is 5.76 Å². The summed E-state index contributed by atoms with van der Waals surface area (Å²) >= 11 is 0. The Hall–Kier alpha value is -3.20. The van der Waals surface area contributed by atoms with Gasteiger partial charge in [0.1, 0.15) is 5.76 Å². The standard InChI is InChI=1S/C18H18N2O7/c21-17(19-10-14-2-1-9-25-14)11-26-18(22)16-8-7-15(27-16)12-3-5-13(6-4-12)20(23)24/h3-8,14H,1-2,9-11H2,(H,19,21)/t14-/m1/s1. The van der Waals surface area contributed by atoms with E-state index in [1.165, 1.54) is 30.3 Å². The molecule has 3 rings (SSSR count). The maximum atomic E-state index is 12.0. The van der Waals surface area contributed by atoms with E-state index in [1.54, 1.807) is 6.07 Å². The Balaban J connectivity index is 1.50. The molecule has 0 bridgehead atoms. The van der Waals surface area contributed by atoms with Gasteiger partial charge < -0.3 is 19.2 Å². The van der Waals surface area contributed by atoms with Gasteiger partial charge in [-0.15, -0.1) is 0 Å². The number of nitrogens with one attached hydrogen (secondary N) is 1. The molecule has 1 saturated heterocycles. The molecule has 0 radical (unpaired) electrons. The van der Waals surface area contributed by atoms with Crippen molar-refractivity contribution in [3.63, 3.8) is 0 Å². The van der Waals surface area contributed by atoms with Gasteiger partial charge in [-0.25, -0.2) is 4.79 Å². The highest BCUT2D eigenvalue weighted by molar-refractivity contribution is 5.89.